The minimum absolute atomic E-state index is 0.309. The lowest BCUT2D eigenvalue weighted by Crippen LogP contribution is -2.13. The number of carbonyl (C=O) groups is 1. The molecule has 4 aromatic rings. The monoisotopic (exact) mass is 366 g/mol. The highest BCUT2D eigenvalue weighted by molar-refractivity contribution is 6.30. The van der Waals surface area contributed by atoms with Crippen LogP contribution in [0.2, 0.25) is 5.02 Å². The topological polar surface area (TPSA) is 59.3 Å². The van der Waals surface area contributed by atoms with Crippen molar-refractivity contribution < 1.29 is 9.18 Å². The highest BCUT2D eigenvalue weighted by Crippen LogP contribution is 2.21. The summed E-state index contributed by atoms with van der Waals surface area (Å²) in [5, 5.41) is 11.7. The summed E-state index contributed by atoms with van der Waals surface area (Å²) in [6.45, 7) is 0. The molecule has 4 rings (SSSR count). The SMILES string of the molecule is O=C(Nc1ccc(Cl)cc1)c1cccn2c(-c3ccc(F)cc3)nnc12. The summed E-state index contributed by atoms with van der Waals surface area (Å²) in [6.07, 6.45) is 1.76. The number of anilines is 1. The Bertz CT molecular complexity index is 1090. The molecule has 0 unspecified atom stereocenters. The minimum Gasteiger partial charge on any atom is -0.322 e. The van der Waals surface area contributed by atoms with Gasteiger partial charge in [-0.3, -0.25) is 9.20 Å². The highest BCUT2D eigenvalue weighted by Gasteiger charge is 2.16. The molecule has 2 heterocycles. The first-order valence-corrected chi connectivity index (χ1v) is 8.16. The molecule has 5 nitrogen and oxygen atoms in total. The molecule has 0 aliphatic heterocycles. The predicted octanol–water partition coefficient (Wildman–Crippen LogP) is 4.44. The van der Waals surface area contributed by atoms with Gasteiger partial charge in [-0.1, -0.05) is 11.6 Å². The van der Waals surface area contributed by atoms with Crippen LogP contribution in [0.4, 0.5) is 10.1 Å². The molecule has 1 N–H and O–H groups in total. The van der Waals surface area contributed by atoms with Crippen molar-refractivity contribution in [2.45, 2.75) is 0 Å². The Balaban J connectivity index is 1.71. The third kappa shape index (κ3) is 3.02. The number of fused-ring (bicyclic) bond motifs is 1. The second-order valence-electron chi connectivity index (χ2n) is 5.61. The fraction of sp³-hybridized carbons (Fsp3) is 0. The van der Waals surface area contributed by atoms with Crippen molar-refractivity contribution in [1.82, 2.24) is 14.6 Å². The van der Waals surface area contributed by atoms with Crippen molar-refractivity contribution in [3.05, 3.63) is 83.3 Å². The Hall–Kier alpha value is -3.25. The number of nitrogens with zero attached hydrogens (tertiary/aromatic N) is 3. The van der Waals surface area contributed by atoms with Gasteiger partial charge in [-0.15, -0.1) is 10.2 Å². The number of hydrogen-bond donors (Lipinski definition) is 1. The van der Waals surface area contributed by atoms with E-state index >= 15 is 0 Å². The van der Waals surface area contributed by atoms with Gasteiger partial charge in [0.05, 0.1) is 5.56 Å². The molecule has 0 saturated heterocycles. The van der Waals surface area contributed by atoms with Gasteiger partial charge in [0.15, 0.2) is 11.5 Å². The van der Waals surface area contributed by atoms with E-state index in [-0.39, 0.29) is 11.7 Å². The van der Waals surface area contributed by atoms with E-state index < -0.39 is 0 Å². The first-order chi connectivity index (χ1) is 12.6. The van der Waals surface area contributed by atoms with Crippen molar-refractivity contribution >= 4 is 28.8 Å². The predicted molar refractivity (Wildman–Crippen MR) is 97.8 cm³/mol. The molecule has 2 aromatic heterocycles. The van der Waals surface area contributed by atoms with Gasteiger partial charge < -0.3 is 5.32 Å². The van der Waals surface area contributed by atoms with E-state index in [2.05, 4.69) is 15.5 Å². The maximum atomic E-state index is 13.1. The molecule has 0 fully saturated rings. The molecule has 2 aromatic carbocycles. The van der Waals surface area contributed by atoms with Gasteiger partial charge in [0, 0.05) is 22.5 Å². The van der Waals surface area contributed by atoms with Crippen molar-refractivity contribution in [1.29, 1.82) is 0 Å². The van der Waals surface area contributed by atoms with E-state index in [4.69, 9.17) is 11.6 Å². The van der Waals surface area contributed by atoms with Crippen LogP contribution in [0.5, 0.6) is 0 Å². The molecule has 1 amide bonds. The molecule has 0 saturated carbocycles. The third-order valence-electron chi connectivity index (χ3n) is 3.88. The van der Waals surface area contributed by atoms with Gasteiger partial charge >= 0.3 is 0 Å². The van der Waals surface area contributed by atoms with Crippen molar-refractivity contribution in [2.75, 3.05) is 5.32 Å². The maximum absolute atomic E-state index is 13.1. The van der Waals surface area contributed by atoms with Crippen molar-refractivity contribution in [3.8, 4) is 11.4 Å². The molecular formula is C19H12ClFN4O. The number of hydrogen-bond acceptors (Lipinski definition) is 3. The van der Waals surface area contributed by atoms with Gasteiger partial charge in [0.2, 0.25) is 0 Å². The second-order valence-corrected chi connectivity index (χ2v) is 6.04. The van der Waals surface area contributed by atoms with E-state index in [9.17, 15) is 9.18 Å². The van der Waals surface area contributed by atoms with E-state index in [1.165, 1.54) is 12.1 Å². The molecule has 7 heteroatoms. The Morgan fingerprint density at radius 1 is 1.00 bits per heavy atom. The summed E-state index contributed by atoms with van der Waals surface area (Å²) in [6, 6.07) is 16.2. The Morgan fingerprint density at radius 3 is 2.46 bits per heavy atom. The lowest BCUT2D eigenvalue weighted by Gasteiger charge is -2.07. The van der Waals surface area contributed by atoms with E-state index in [0.717, 1.165) is 0 Å². The number of amides is 1. The van der Waals surface area contributed by atoms with Gasteiger partial charge in [-0.25, -0.2) is 4.39 Å². The first kappa shape index (κ1) is 16.2. The second kappa shape index (κ2) is 6.57. The average Bonchev–Trinajstić information content (AvgIpc) is 3.08. The number of benzene rings is 2. The summed E-state index contributed by atoms with van der Waals surface area (Å²) in [7, 11) is 0. The molecule has 128 valence electrons. The molecular weight excluding hydrogens is 355 g/mol. The maximum Gasteiger partial charge on any atom is 0.259 e. The smallest absolute Gasteiger partial charge is 0.259 e. The number of halogens is 2. The zero-order chi connectivity index (χ0) is 18.1. The summed E-state index contributed by atoms with van der Waals surface area (Å²) >= 11 is 5.86. The van der Waals surface area contributed by atoms with E-state index in [1.807, 2.05) is 0 Å². The van der Waals surface area contributed by atoms with Gasteiger partial charge in [-0.2, -0.15) is 0 Å². The van der Waals surface area contributed by atoms with E-state index in [1.54, 1.807) is 59.1 Å². The summed E-state index contributed by atoms with van der Waals surface area (Å²) in [5.74, 6) is -0.109. The number of pyridine rings is 1. The van der Waals surface area contributed by atoms with Gasteiger partial charge in [-0.05, 0) is 60.7 Å². The standard InChI is InChI=1S/C19H12ClFN4O/c20-13-5-9-15(10-6-13)22-19(26)16-2-1-11-25-17(23-24-18(16)25)12-3-7-14(21)8-4-12/h1-11H,(H,22,26). The van der Waals surface area contributed by atoms with Crippen LogP contribution in [-0.2, 0) is 0 Å². The zero-order valence-corrected chi connectivity index (χ0v) is 14.1. The highest BCUT2D eigenvalue weighted by atomic mass is 35.5. The van der Waals surface area contributed by atoms with Crippen LogP contribution in [0, 0.1) is 5.82 Å². The molecule has 0 spiro atoms. The minimum atomic E-state index is -0.328. The zero-order valence-electron chi connectivity index (χ0n) is 13.4. The normalized spacial score (nSPS) is 10.8. The number of rotatable bonds is 3. The Labute approximate surface area is 153 Å². The van der Waals surface area contributed by atoms with Crippen molar-refractivity contribution in [2.24, 2.45) is 0 Å². The van der Waals surface area contributed by atoms with Gasteiger partial charge in [0.1, 0.15) is 5.82 Å². The molecule has 0 aliphatic rings. The van der Waals surface area contributed by atoms with Crippen LogP contribution in [0.3, 0.4) is 0 Å². The van der Waals surface area contributed by atoms with Crippen LogP contribution in [0.1, 0.15) is 10.4 Å². The van der Waals surface area contributed by atoms with Crippen LogP contribution in [-0.4, -0.2) is 20.5 Å². The van der Waals surface area contributed by atoms with Crippen LogP contribution < -0.4 is 5.32 Å². The molecule has 0 atom stereocenters. The largest absolute Gasteiger partial charge is 0.322 e. The van der Waals surface area contributed by atoms with Crippen molar-refractivity contribution in [3.63, 3.8) is 0 Å². The van der Waals surface area contributed by atoms with Crippen LogP contribution >= 0.6 is 11.6 Å². The summed E-state index contributed by atoms with van der Waals surface area (Å²) in [5.41, 5.74) is 2.12. The summed E-state index contributed by atoms with van der Waals surface area (Å²) in [4.78, 5) is 12.6. The van der Waals surface area contributed by atoms with Gasteiger partial charge in [0.25, 0.3) is 5.91 Å². The average molecular weight is 367 g/mol. The Morgan fingerprint density at radius 2 is 1.73 bits per heavy atom. The first-order valence-electron chi connectivity index (χ1n) is 7.78. The molecule has 0 bridgehead atoms. The van der Waals surface area contributed by atoms with E-state index in [0.29, 0.717) is 33.3 Å². The number of carbonyl (C=O) groups excluding carboxylic acids is 1. The fourth-order valence-corrected chi connectivity index (χ4v) is 2.75. The number of nitrogens with one attached hydrogen (secondary N) is 1. The van der Waals surface area contributed by atoms with Crippen LogP contribution in [0.15, 0.2) is 66.9 Å². The molecule has 0 radical (unpaired) electrons. The fourth-order valence-electron chi connectivity index (χ4n) is 2.62. The quantitative estimate of drug-likeness (QED) is 0.583. The lowest BCUT2D eigenvalue weighted by atomic mass is 10.2. The number of aromatic nitrogens is 3. The summed E-state index contributed by atoms with van der Waals surface area (Å²) < 4.78 is 14.8. The van der Waals surface area contributed by atoms with Crippen LogP contribution in [0.25, 0.3) is 17.0 Å². The molecule has 26 heavy (non-hydrogen) atoms. The molecule has 0 aliphatic carbocycles. The lowest BCUT2D eigenvalue weighted by molar-refractivity contribution is 0.102. The Kier molecular flexibility index (Phi) is 4.10. The third-order valence-corrected chi connectivity index (χ3v) is 4.14.